The van der Waals surface area contributed by atoms with E-state index in [0.717, 1.165) is 5.56 Å². The van der Waals surface area contributed by atoms with Gasteiger partial charge in [0, 0.05) is 16.1 Å². The third-order valence-electron chi connectivity index (χ3n) is 3.60. The fourth-order valence-corrected chi connectivity index (χ4v) is 2.41. The molecule has 0 aromatic heterocycles. The van der Waals surface area contributed by atoms with Gasteiger partial charge >= 0.3 is 0 Å². The summed E-state index contributed by atoms with van der Waals surface area (Å²) in [6.07, 6.45) is 0. The molecule has 0 atom stereocenters. The van der Waals surface area contributed by atoms with Crippen LogP contribution in [0.15, 0.2) is 53.6 Å². The SMILES string of the molecule is CC(=NNC(=O)c1ccc(C(C)(C)C)cc1)c1ccccc1Cl. The fourth-order valence-electron chi connectivity index (χ4n) is 2.14. The smallest absolute Gasteiger partial charge is 0.267 e. The highest BCUT2D eigenvalue weighted by atomic mass is 35.5. The molecule has 0 aliphatic heterocycles. The Morgan fingerprint density at radius 3 is 2.22 bits per heavy atom. The predicted molar refractivity (Wildman–Crippen MR) is 96.3 cm³/mol. The van der Waals surface area contributed by atoms with Crippen molar-refractivity contribution in [2.24, 2.45) is 5.10 Å². The zero-order valence-corrected chi connectivity index (χ0v) is 14.6. The first kappa shape index (κ1) is 17.2. The van der Waals surface area contributed by atoms with Crippen LogP contribution in [0.3, 0.4) is 0 Å². The molecule has 0 bridgehead atoms. The first-order valence-electron chi connectivity index (χ1n) is 7.49. The standard InChI is InChI=1S/C19H21ClN2O/c1-13(16-7-5-6-8-17(16)20)21-22-18(23)14-9-11-15(12-10-14)19(2,3)4/h5-12H,1-4H3,(H,22,23). The van der Waals surface area contributed by atoms with Gasteiger partial charge in [0.2, 0.25) is 0 Å². The maximum absolute atomic E-state index is 12.2. The number of hydrazone groups is 1. The minimum atomic E-state index is -0.239. The van der Waals surface area contributed by atoms with Crippen molar-refractivity contribution < 1.29 is 4.79 Å². The molecular formula is C19H21ClN2O. The van der Waals surface area contributed by atoms with E-state index in [-0.39, 0.29) is 11.3 Å². The Bertz CT molecular complexity index is 728. The van der Waals surface area contributed by atoms with Crippen LogP contribution >= 0.6 is 11.6 Å². The van der Waals surface area contributed by atoms with Crippen LogP contribution in [-0.2, 0) is 5.41 Å². The van der Waals surface area contributed by atoms with E-state index < -0.39 is 0 Å². The van der Waals surface area contributed by atoms with Gasteiger partial charge in [-0.2, -0.15) is 5.10 Å². The summed E-state index contributed by atoms with van der Waals surface area (Å²) in [6, 6.07) is 15.0. The third kappa shape index (κ3) is 4.42. The summed E-state index contributed by atoms with van der Waals surface area (Å²) in [7, 11) is 0. The van der Waals surface area contributed by atoms with Crippen molar-refractivity contribution in [1.29, 1.82) is 0 Å². The maximum atomic E-state index is 12.2. The minimum absolute atomic E-state index is 0.0633. The first-order chi connectivity index (χ1) is 10.8. The highest BCUT2D eigenvalue weighted by Gasteiger charge is 2.14. The van der Waals surface area contributed by atoms with E-state index >= 15 is 0 Å². The van der Waals surface area contributed by atoms with Crippen molar-refractivity contribution in [2.75, 3.05) is 0 Å². The second kappa shape index (κ2) is 6.97. The molecular weight excluding hydrogens is 308 g/mol. The van der Waals surface area contributed by atoms with Crippen molar-refractivity contribution in [3.05, 3.63) is 70.2 Å². The third-order valence-corrected chi connectivity index (χ3v) is 3.93. The largest absolute Gasteiger partial charge is 0.271 e. The van der Waals surface area contributed by atoms with E-state index in [0.29, 0.717) is 16.3 Å². The Labute approximate surface area is 142 Å². The number of halogens is 1. The zero-order chi connectivity index (χ0) is 17.0. The molecule has 120 valence electrons. The van der Waals surface area contributed by atoms with Crippen molar-refractivity contribution in [3.63, 3.8) is 0 Å². The molecule has 0 fully saturated rings. The van der Waals surface area contributed by atoms with Gasteiger partial charge in [-0.3, -0.25) is 4.79 Å². The van der Waals surface area contributed by atoms with Crippen LogP contribution in [0.2, 0.25) is 5.02 Å². The van der Waals surface area contributed by atoms with Gasteiger partial charge in [-0.05, 0) is 36.1 Å². The number of rotatable bonds is 3. The number of carbonyl (C=O) groups is 1. The Hall–Kier alpha value is -2.13. The average molecular weight is 329 g/mol. The lowest BCUT2D eigenvalue weighted by Gasteiger charge is -2.18. The molecule has 0 heterocycles. The molecule has 3 nitrogen and oxygen atoms in total. The summed E-state index contributed by atoms with van der Waals surface area (Å²) in [4.78, 5) is 12.2. The lowest BCUT2D eigenvalue weighted by molar-refractivity contribution is 0.0955. The molecule has 0 aliphatic rings. The molecule has 4 heteroatoms. The van der Waals surface area contributed by atoms with Gasteiger partial charge in [-0.15, -0.1) is 0 Å². The summed E-state index contributed by atoms with van der Waals surface area (Å²) < 4.78 is 0. The van der Waals surface area contributed by atoms with Crippen LogP contribution in [0.25, 0.3) is 0 Å². The predicted octanol–water partition coefficient (Wildman–Crippen LogP) is 4.79. The molecule has 0 saturated carbocycles. The van der Waals surface area contributed by atoms with Crippen molar-refractivity contribution in [1.82, 2.24) is 5.43 Å². The number of carbonyl (C=O) groups excluding carboxylic acids is 1. The molecule has 0 unspecified atom stereocenters. The maximum Gasteiger partial charge on any atom is 0.271 e. The van der Waals surface area contributed by atoms with Gasteiger partial charge in [-0.1, -0.05) is 62.7 Å². The van der Waals surface area contributed by atoms with Crippen LogP contribution in [0.4, 0.5) is 0 Å². The van der Waals surface area contributed by atoms with Crippen LogP contribution in [0, 0.1) is 0 Å². The van der Waals surface area contributed by atoms with E-state index in [1.807, 2.05) is 49.4 Å². The van der Waals surface area contributed by atoms with Crippen molar-refractivity contribution >= 4 is 23.2 Å². The minimum Gasteiger partial charge on any atom is -0.267 e. The fraction of sp³-hybridized carbons (Fsp3) is 0.263. The van der Waals surface area contributed by atoms with Gasteiger partial charge < -0.3 is 0 Å². The average Bonchev–Trinajstić information content (AvgIpc) is 2.52. The van der Waals surface area contributed by atoms with E-state index in [2.05, 4.69) is 31.3 Å². The summed E-state index contributed by atoms with van der Waals surface area (Å²) >= 11 is 6.12. The van der Waals surface area contributed by atoms with Gasteiger partial charge in [0.05, 0.1) is 5.71 Å². The molecule has 0 radical (unpaired) electrons. The molecule has 0 saturated heterocycles. The Morgan fingerprint density at radius 1 is 1.04 bits per heavy atom. The number of hydrogen-bond acceptors (Lipinski definition) is 2. The summed E-state index contributed by atoms with van der Waals surface area (Å²) in [5.41, 5.74) is 5.86. The highest BCUT2D eigenvalue weighted by Crippen LogP contribution is 2.22. The number of amides is 1. The molecule has 2 aromatic rings. The van der Waals surface area contributed by atoms with Crippen LogP contribution in [0.5, 0.6) is 0 Å². The topological polar surface area (TPSA) is 41.5 Å². The monoisotopic (exact) mass is 328 g/mol. The van der Waals surface area contributed by atoms with E-state index in [1.165, 1.54) is 5.56 Å². The van der Waals surface area contributed by atoms with Crippen LogP contribution < -0.4 is 5.43 Å². The van der Waals surface area contributed by atoms with Gasteiger partial charge in [0.25, 0.3) is 5.91 Å². The summed E-state index contributed by atoms with van der Waals surface area (Å²) in [5.74, 6) is -0.239. The summed E-state index contributed by atoms with van der Waals surface area (Å²) in [5, 5.41) is 4.74. The highest BCUT2D eigenvalue weighted by molar-refractivity contribution is 6.34. The van der Waals surface area contributed by atoms with E-state index in [1.54, 1.807) is 6.07 Å². The second-order valence-electron chi connectivity index (χ2n) is 6.45. The normalized spacial score (nSPS) is 12.1. The van der Waals surface area contributed by atoms with E-state index in [9.17, 15) is 4.79 Å². The van der Waals surface area contributed by atoms with E-state index in [4.69, 9.17) is 11.6 Å². The van der Waals surface area contributed by atoms with Gasteiger partial charge in [0.1, 0.15) is 0 Å². The lowest BCUT2D eigenvalue weighted by atomic mass is 9.87. The van der Waals surface area contributed by atoms with Crippen molar-refractivity contribution in [2.45, 2.75) is 33.1 Å². The quantitative estimate of drug-likeness (QED) is 0.638. The van der Waals surface area contributed by atoms with Gasteiger partial charge in [-0.25, -0.2) is 5.43 Å². The Kier molecular flexibility index (Phi) is 5.22. The molecule has 2 aromatic carbocycles. The number of nitrogens with one attached hydrogen (secondary N) is 1. The lowest BCUT2D eigenvalue weighted by Crippen LogP contribution is -2.20. The number of benzene rings is 2. The first-order valence-corrected chi connectivity index (χ1v) is 7.87. The zero-order valence-electron chi connectivity index (χ0n) is 13.9. The molecule has 0 spiro atoms. The molecule has 23 heavy (non-hydrogen) atoms. The number of nitrogens with zero attached hydrogens (tertiary/aromatic N) is 1. The molecule has 2 rings (SSSR count). The van der Waals surface area contributed by atoms with Gasteiger partial charge in [0.15, 0.2) is 0 Å². The molecule has 1 N–H and O–H groups in total. The second-order valence-corrected chi connectivity index (χ2v) is 6.85. The Morgan fingerprint density at radius 2 is 1.65 bits per heavy atom. The summed E-state index contributed by atoms with van der Waals surface area (Å²) in [6.45, 7) is 8.22. The Balaban J connectivity index is 2.10. The molecule has 1 amide bonds. The van der Waals surface area contributed by atoms with Crippen molar-refractivity contribution in [3.8, 4) is 0 Å². The molecule has 0 aliphatic carbocycles. The van der Waals surface area contributed by atoms with Crippen LogP contribution in [-0.4, -0.2) is 11.6 Å². The number of hydrogen-bond donors (Lipinski definition) is 1. The van der Waals surface area contributed by atoms with Crippen LogP contribution in [0.1, 0.15) is 49.2 Å².